The lowest BCUT2D eigenvalue weighted by molar-refractivity contribution is -0.384. The molecule has 2 aromatic carbocycles. The smallest absolute Gasteiger partial charge is 0.296 e. The Hall–Kier alpha value is -4.06. The van der Waals surface area contributed by atoms with E-state index in [0.29, 0.717) is 11.3 Å². The summed E-state index contributed by atoms with van der Waals surface area (Å²) in [6, 6.07) is 11.2. The second kappa shape index (κ2) is 8.96. The number of benzene rings is 2. The van der Waals surface area contributed by atoms with Crippen LogP contribution in [-0.4, -0.2) is 30.1 Å². The Kier molecular flexibility index (Phi) is 6.17. The van der Waals surface area contributed by atoms with Gasteiger partial charge < -0.3 is 19.5 Å². The monoisotopic (exact) mass is 409 g/mol. The summed E-state index contributed by atoms with van der Waals surface area (Å²) in [6.45, 7) is 4.38. The van der Waals surface area contributed by atoms with Crippen LogP contribution in [0, 0.1) is 21.4 Å². The van der Waals surface area contributed by atoms with Crippen LogP contribution >= 0.6 is 0 Å². The second-order valence-electron chi connectivity index (χ2n) is 6.63. The number of carbonyl (C=O) groups is 1. The first kappa shape index (κ1) is 20.7. The average molecular weight is 409 g/mol. The first-order valence-electron chi connectivity index (χ1n) is 9.15. The molecule has 3 rings (SSSR count). The van der Waals surface area contributed by atoms with Crippen LogP contribution in [0.5, 0.6) is 17.2 Å². The molecule has 0 fully saturated rings. The average Bonchev–Trinajstić information content (AvgIpc) is 2.72. The van der Waals surface area contributed by atoms with Crippen molar-refractivity contribution in [1.82, 2.24) is 0 Å². The third kappa shape index (κ3) is 4.86. The Morgan fingerprint density at radius 1 is 1.23 bits per heavy atom. The number of nitrogens with one attached hydrogen (secondary N) is 1. The van der Waals surface area contributed by atoms with Crippen molar-refractivity contribution in [2.24, 2.45) is 0 Å². The van der Waals surface area contributed by atoms with Crippen LogP contribution in [0.1, 0.15) is 19.4 Å². The molecule has 1 amide bonds. The summed E-state index contributed by atoms with van der Waals surface area (Å²) in [4.78, 5) is 23.3. The minimum absolute atomic E-state index is 0.0219. The molecular weight excluding hydrogens is 390 g/mol. The van der Waals surface area contributed by atoms with Gasteiger partial charge in [-0.3, -0.25) is 14.9 Å². The number of nitro benzene ring substituents is 1. The van der Waals surface area contributed by atoms with E-state index in [9.17, 15) is 20.2 Å². The largest absolute Gasteiger partial charge is 0.491 e. The van der Waals surface area contributed by atoms with Gasteiger partial charge >= 0.3 is 0 Å². The van der Waals surface area contributed by atoms with E-state index >= 15 is 0 Å². The molecule has 0 saturated heterocycles. The van der Waals surface area contributed by atoms with Crippen molar-refractivity contribution >= 4 is 23.4 Å². The van der Waals surface area contributed by atoms with E-state index in [0.717, 1.165) is 0 Å². The van der Waals surface area contributed by atoms with Gasteiger partial charge in [-0.05, 0) is 37.6 Å². The van der Waals surface area contributed by atoms with Crippen molar-refractivity contribution in [3.63, 3.8) is 0 Å². The summed E-state index contributed by atoms with van der Waals surface area (Å²) >= 11 is 0. The minimum atomic E-state index is -0.778. The Labute approximate surface area is 172 Å². The number of fused-ring (bicyclic) bond motifs is 1. The first-order chi connectivity index (χ1) is 14.4. The molecule has 1 N–H and O–H groups in total. The molecule has 0 radical (unpaired) electrons. The van der Waals surface area contributed by atoms with Gasteiger partial charge in [0.05, 0.1) is 17.1 Å². The molecule has 2 aromatic rings. The zero-order valence-electron chi connectivity index (χ0n) is 16.4. The number of nitriles is 1. The van der Waals surface area contributed by atoms with E-state index < -0.39 is 10.8 Å². The fraction of sp³-hybridized carbons (Fsp3) is 0.238. The Balaban J connectivity index is 1.84. The number of amides is 1. The number of hydrogen-bond acceptors (Lipinski definition) is 7. The SMILES string of the molecule is CC(C)Oc1ccc(/C=C(\C#N)C(=O)Nc2cc3c(cc2[N+](=O)[O-])OCCO3)cc1. The number of anilines is 1. The summed E-state index contributed by atoms with van der Waals surface area (Å²) in [5, 5.41) is 23.2. The van der Waals surface area contributed by atoms with Crippen LogP contribution in [0.2, 0.25) is 0 Å². The van der Waals surface area contributed by atoms with E-state index in [4.69, 9.17) is 14.2 Å². The molecule has 0 saturated carbocycles. The highest BCUT2D eigenvalue weighted by Crippen LogP contribution is 2.39. The van der Waals surface area contributed by atoms with E-state index in [-0.39, 0.29) is 47.8 Å². The standard InChI is InChI=1S/C21H19N3O6/c1-13(2)30-16-5-3-14(4-6-16)9-15(12-22)21(25)23-17-10-19-20(29-8-7-28-19)11-18(17)24(26)27/h3-6,9-11,13H,7-8H2,1-2H3,(H,23,25)/b15-9+. The fourth-order valence-corrected chi connectivity index (χ4v) is 2.75. The van der Waals surface area contributed by atoms with Crippen LogP contribution in [-0.2, 0) is 4.79 Å². The number of ether oxygens (including phenoxy) is 3. The third-order valence-electron chi connectivity index (χ3n) is 4.03. The van der Waals surface area contributed by atoms with Crippen molar-refractivity contribution < 1.29 is 23.9 Å². The van der Waals surface area contributed by atoms with E-state index in [1.54, 1.807) is 24.3 Å². The van der Waals surface area contributed by atoms with Gasteiger partial charge in [0.2, 0.25) is 0 Å². The van der Waals surface area contributed by atoms with Crippen molar-refractivity contribution in [3.8, 4) is 23.3 Å². The van der Waals surface area contributed by atoms with Gasteiger partial charge in [-0.25, -0.2) is 0 Å². The minimum Gasteiger partial charge on any atom is -0.491 e. The zero-order valence-corrected chi connectivity index (χ0v) is 16.4. The molecule has 0 spiro atoms. The maximum atomic E-state index is 12.6. The molecule has 0 aromatic heterocycles. The van der Waals surface area contributed by atoms with Crippen LogP contribution in [0.3, 0.4) is 0 Å². The van der Waals surface area contributed by atoms with Gasteiger partial charge in [-0.1, -0.05) is 12.1 Å². The Morgan fingerprint density at radius 3 is 2.43 bits per heavy atom. The lowest BCUT2D eigenvalue weighted by Gasteiger charge is -2.19. The van der Waals surface area contributed by atoms with Crippen molar-refractivity contribution in [2.75, 3.05) is 18.5 Å². The number of nitrogens with zero attached hydrogens (tertiary/aromatic N) is 2. The molecule has 9 heteroatoms. The van der Waals surface area contributed by atoms with Crippen LogP contribution in [0.25, 0.3) is 6.08 Å². The van der Waals surface area contributed by atoms with Gasteiger partial charge in [0, 0.05) is 6.07 Å². The van der Waals surface area contributed by atoms with Crippen molar-refractivity contribution in [1.29, 1.82) is 5.26 Å². The van der Waals surface area contributed by atoms with Crippen molar-refractivity contribution in [2.45, 2.75) is 20.0 Å². The molecule has 1 heterocycles. The molecule has 9 nitrogen and oxygen atoms in total. The van der Waals surface area contributed by atoms with Gasteiger partial charge in [-0.2, -0.15) is 5.26 Å². The van der Waals surface area contributed by atoms with Gasteiger partial charge in [0.1, 0.15) is 36.3 Å². The maximum absolute atomic E-state index is 12.6. The first-order valence-corrected chi connectivity index (χ1v) is 9.15. The molecule has 0 aliphatic carbocycles. The number of carbonyl (C=O) groups excluding carboxylic acids is 1. The molecule has 154 valence electrons. The predicted octanol–water partition coefficient (Wildman–Crippen LogP) is 3.70. The highest BCUT2D eigenvalue weighted by molar-refractivity contribution is 6.10. The molecule has 0 bridgehead atoms. The second-order valence-corrected chi connectivity index (χ2v) is 6.63. The predicted molar refractivity (Wildman–Crippen MR) is 109 cm³/mol. The van der Waals surface area contributed by atoms with Crippen molar-refractivity contribution in [3.05, 3.63) is 57.6 Å². The summed E-state index contributed by atoms with van der Waals surface area (Å²) in [6.07, 6.45) is 1.41. The lowest BCUT2D eigenvalue weighted by atomic mass is 10.1. The molecule has 1 aliphatic heterocycles. The highest BCUT2D eigenvalue weighted by atomic mass is 16.6. The molecule has 1 aliphatic rings. The van der Waals surface area contributed by atoms with E-state index in [2.05, 4.69) is 5.32 Å². The quantitative estimate of drug-likeness (QED) is 0.334. The Bertz CT molecular complexity index is 1040. The maximum Gasteiger partial charge on any atom is 0.296 e. The summed E-state index contributed by atoms with van der Waals surface area (Å²) in [5.74, 6) is 0.396. The molecule has 0 atom stereocenters. The van der Waals surface area contributed by atoms with Crippen LogP contribution in [0.15, 0.2) is 42.0 Å². The highest BCUT2D eigenvalue weighted by Gasteiger charge is 2.24. The number of rotatable bonds is 6. The third-order valence-corrected chi connectivity index (χ3v) is 4.03. The van der Waals surface area contributed by atoms with Gasteiger partial charge in [-0.15, -0.1) is 0 Å². The summed E-state index contributed by atoms with van der Waals surface area (Å²) < 4.78 is 16.3. The van der Waals surface area contributed by atoms with Gasteiger partial charge in [0.25, 0.3) is 11.6 Å². The van der Waals surface area contributed by atoms with Gasteiger partial charge in [0.15, 0.2) is 11.5 Å². The molecular formula is C21H19N3O6. The molecule has 30 heavy (non-hydrogen) atoms. The number of nitro groups is 1. The van der Waals surface area contributed by atoms with E-state index in [1.165, 1.54) is 18.2 Å². The van der Waals surface area contributed by atoms with Crippen LogP contribution in [0.4, 0.5) is 11.4 Å². The zero-order chi connectivity index (χ0) is 21.7. The fourth-order valence-electron chi connectivity index (χ4n) is 2.75. The van der Waals surface area contributed by atoms with E-state index in [1.807, 2.05) is 19.9 Å². The molecule has 0 unspecified atom stereocenters. The Morgan fingerprint density at radius 2 is 1.87 bits per heavy atom. The topological polar surface area (TPSA) is 124 Å². The summed E-state index contributed by atoms with van der Waals surface area (Å²) in [7, 11) is 0. The summed E-state index contributed by atoms with van der Waals surface area (Å²) in [5.41, 5.74) is -0.0534. The normalized spacial score (nSPS) is 12.8. The van der Waals surface area contributed by atoms with Crippen LogP contribution < -0.4 is 19.5 Å². The number of hydrogen-bond donors (Lipinski definition) is 1. The lowest BCUT2D eigenvalue weighted by Crippen LogP contribution is -2.18.